The van der Waals surface area contributed by atoms with E-state index in [0.29, 0.717) is 30.0 Å². The fraction of sp³-hybridized carbons (Fsp3) is 0.391. The van der Waals surface area contributed by atoms with Crippen molar-refractivity contribution >= 4 is 33.0 Å². The summed E-state index contributed by atoms with van der Waals surface area (Å²) in [4.78, 5) is 26.5. The molecular weight excluding hydrogens is 432 g/mol. The van der Waals surface area contributed by atoms with E-state index in [1.165, 1.54) is 20.3 Å². The highest BCUT2D eigenvalue weighted by Crippen LogP contribution is 2.34. The SMILES string of the molecule is CCC(=O)N1c2ccc(S(=O)(=O)CCC(=O)Nc3cc(OC)ccc3OC)cc2C[C@@H]1C. The van der Waals surface area contributed by atoms with E-state index in [4.69, 9.17) is 9.47 Å². The van der Waals surface area contributed by atoms with Gasteiger partial charge in [-0.1, -0.05) is 6.92 Å². The Bertz CT molecular complexity index is 1130. The maximum Gasteiger partial charge on any atom is 0.226 e. The van der Waals surface area contributed by atoms with Crippen LogP contribution in [0.1, 0.15) is 32.3 Å². The van der Waals surface area contributed by atoms with Crippen LogP contribution in [-0.2, 0) is 25.8 Å². The molecule has 0 fully saturated rings. The molecule has 3 rings (SSSR count). The summed E-state index contributed by atoms with van der Waals surface area (Å²) in [6, 6.07) is 9.75. The Hall–Kier alpha value is -3.07. The van der Waals surface area contributed by atoms with Gasteiger partial charge in [-0.3, -0.25) is 9.59 Å². The molecule has 1 N–H and O–H groups in total. The van der Waals surface area contributed by atoms with Crippen LogP contribution in [0.4, 0.5) is 11.4 Å². The van der Waals surface area contributed by atoms with Gasteiger partial charge in [0.15, 0.2) is 9.84 Å². The molecule has 32 heavy (non-hydrogen) atoms. The van der Waals surface area contributed by atoms with Gasteiger partial charge in [-0.25, -0.2) is 8.42 Å². The molecule has 0 aliphatic carbocycles. The number of hydrogen-bond acceptors (Lipinski definition) is 6. The second kappa shape index (κ2) is 9.60. The second-order valence-electron chi connectivity index (χ2n) is 7.64. The summed E-state index contributed by atoms with van der Waals surface area (Å²) in [5.41, 5.74) is 1.98. The number of amides is 2. The van der Waals surface area contributed by atoms with Gasteiger partial charge >= 0.3 is 0 Å². The lowest BCUT2D eigenvalue weighted by Crippen LogP contribution is -2.35. The summed E-state index contributed by atoms with van der Waals surface area (Å²) in [6.45, 7) is 3.75. The number of nitrogens with zero attached hydrogens (tertiary/aromatic N) is 1. The largest absolute Gasteiger partial charge is 0.497 e. The van der Waals surface area contributed by atoms with Crippen molar-refractivity contribution in [1.29, 1.82) is 0 Å². The maximum absolute atomic E-state index is 12.9. The van der Waals surface area contributed by atoms with E-state index in [0.717, 1.165) is 11.3 Å². The van der Waals surface area contributed by atoms with Gasteiger partial charge in [0.05, 0.1) is 30.6 Å². The molecule has 1 heterocycles. The molecule has 1 atom stereocenters. The first-order valence-electron chi connectivity index (χ1n) is 10.4. The molecule has 0 saturated carbocycles. The van der Waals surface area contributed by atoms with E-state index in [9.17, 15) is 18.0 Å². The first-order chi connectivity index (χ1) is 15.2. The molecule has 2 amide bonds. The molecule has 0 bridgehead atoms. The number of hydrogen-bond donors (Lipinski definition) is 1. The van der Waals surface area contributed by atoms with Gasteiger partial charge in [0.25, 0.3) is 0 Å². The Balaban J connectivity index is 1.71. The molecule has 0 radical (unpaired) electrons. The molecule has 172 valence electrons. The van der Waals surface area contributed by atoms with Crippen molar-refractivity contribution in [1.82, 2.24) is 0 Å². The van der Waals surface area contributed by atoms with E-state index >= 15 is 0 Å². The molecule has 2 aromatic carbocycles. The van der Waals surface area contributed by atoms with Crippen LogP contribution in [0, 0.1) is 0 Å². The standard InChI is InChI=1S/C23H28N2O6S/c1-5-23(27)25-15(2)12-16-13-18(7-8-20(16)25)32(28,29)11-10-22(26)24-19-14-17(30-3)6-9-21(19)31-4/h6-9,13-15H,5,10-12H2,1-4H3,(H,24,26)/t15-/m0/s1. The zero-order chi connectivity index (χ0) is 23.5. The molecule has 0 saturated heterocycles. The highest BCUT2D eigenvalue weighted by molar-refractivity contribution is 7.91. The molecule has 2 aromatic rings. The van der Waals surface area contributed by atoms with Gasteiger partial charge in [-0.05, 0) is 49.2 Å². The third kappa shape index (κ3) is 4.88. The number of sulfone groups is 1. The van der Waals surface area contributed by atoms with Crippen LogP contribution in [0.3, 0.4) is 0 Å². The van der Waals surface area contributed by atoms with Crippen molar-refractivity contribution in [3.8, 4) is 11.5 Å². The molecule has 9 heteroatoms. The number of benzene rings is 2. The lowest BCUT2D eigenvalue weighted by Gasteiger charge is -2.22. The molecule has 0 unspecified atom stereocenters. The first kappa shape index (κ1) is 23.6. The van der Waals surface area contributed by atoms with E-state index in [1.807, 2.05) is 6.92 Å². The van der Waals surface area contributed by atoms with Crippen molar-refractivity contribution in [3.63, 3.8) is 0 Å². The van der Waals surface area contributed by atoms with Crippen molar-refractivity contribution in [2.75, 3.05) is 30.2 Å². The number of methoxy groups -OCH3 is 2. The summed E-state index contributed by atoms with van der Waals surface area (Å²) in [6.07, 6.45) is 0.772. The average Bonchev–Trinajstić information content (AvgIpc) is 3.12. The van der Waals surface area contributed by atoms with Crippen LogP contribution in [0.5, 0.6) is 11.5 Å². The number of anilines is 2. The summed E-state index contributed by atoms with van der Waals surface area (Å²) in [7, 11) is -0.692. The smallest absolute Gasteiger partial charge is 0.226 e. The Morgan fingerprint density at radius 1 is 1.12 bits per heavy atom. The highest BCUT2D eigenvalue weighted by Gasteiger charge is 2.31. The predicted octanol–water partition coefficient (Wildman–Crippen LogP) is 3.19. The Morgan fingerprint density at radius 2 is 1.88 bits per heavy atom. The molecule has 1 aliphatic heterocycles. The van der Waals surface area contributed by atoms with Crippen LogP contribution in [0.2, 0.25) is 0 Å². The zero-order valence-electron chi connectivity index (χ0n) is 18.7. The summed E-state index contributed by atoms with van der Waals surface area (Å²) >= 11 is 0. The summed E-state index contributed by atoms with van der Waals surface area (Å²) < 4.78 is 36.1. The van der Waals surface area contributed by atoms with E-state index in [-0.39, 0.29) is 29.0 Å². The van der Waals surface area contributed by atoms with Crippen LogP contribution < -0.4 is 19.7 Å². The zero-order valence-corrected chi connectivity index (χ0v) is 19.5. The normalized spacial score (nSPS) is 15.2. The van der Waals surface area contributed by atoms with Crippen molar-refractivity contribution < 1.29 is 27.5 Å². The highest BCUT2D eigenvalue weighted by atomic mass is 32.2. The van der Waals surface area contributed by atoms with Crippen LogP contribution >= 0.6 is 0 Å². The minimum absolute atomic E-state index is 0.0106. The molecule has 8 nitrogen and oxygen atoms in total. The third-order valence-corrected chi connectivity index (χ3v) is 7.19. The van der Waals surface area contributed by atoms with Crippen molar-refractivity contribution in [2.45, 2.75) is 44.0 Å². The number of fused-ring (bicyclic) bond motifs is 1. The van der Waals surface area contributed by atoms with Gasteiger partial charge in [0.1, 0.15) is 11.5 Å². The predicted molar refractivity (Wildman–Crippen MR) is 122 cm³/mol. The maximum atomic E-state index is 12.9. The Labute approximate surface area is 188 Å². The van der Waals surface area contributed by atoms with Gasteiger partial charge in [-0.2, -0.15) is 0 Å². The molecule has 0 aromatic heterocycles. The third-order valence-electron chi connectivity index (χ3n) is 5.48. The average molecular weight is 461 g/mol. The quantitative estimate of drug-likeness (QED) is 0.649. The fourth-order valence-corrected chi connectivity index (χ4v) is 5.11. The first-order valence-corrected chi connectivity index (χ1v) is 12.0. The monoisotopic (exact) mass is 460 g/mol. The number of carbonyl (C=O) groups excluding carboxylic acids is 2. The number of nitrogens with one attached hydrogen (secondary N) is 1. The molecule has 0 spiro atoms. The van der Waals surface area contributed by atoms with Gasteiger partial charge in [0, 0.05) is 30.6 Å². The van der Waals surface area contributed by atoms with Crippen molar-refractivity contribution in [3.05, 3.63) is 42.0 Å². The summed E-state index contributed by atoms with van der Waals surface area (Å²) in [5.74, 6) is 0.209. The van der Waals surface area contributed by atoms with Crippen LogP contribution in [-0.4, -0.2) is 46.2 Å². The fourth-order valence-electron chi connectivity index (χ4n) is 3.82. The van der Waals surface area contributed by atoms with Crippen molar-refractivity contribution in [2.24, 2.45) is 0 Å². The number of rotatable bonds is 8. The van der Waals surface area contributed by atoms with Gasteiger partial charge < -0.3 is 19.7 Å². The number of carbonyl (C=O) groups is 2. The van der Waals surface area contributed by atoms with Crippen LogP contribution in [0.25, 0.3) is 0 Å². The van der Waals surface area contributed by atoms with E-state index in [1.54, 1.807) is 42.2 Å². The lowest BCUT2D eigenvalue weighted by molar-refractivity contribution is -0.118. The topological polar surface area (TPSA) is 102 Å². The van der Waals surface area contributed by atoms with Crippen LogP contribution in [0.15, 0.2) is 41.3 Å². The van der Waals surface area contributed by atoms with E-state index < -0.39 is 15.7 Å². The molecular formula is C23H28N2O6S. The molecule has 1 aliphatic rings. The minimum atomic E-state index is -3.68. The Morgan fingerprint density at radius 3 is 2.53 bits per heavy atom. The number of ether oxygens (including phenoxy) is 2. The second-order valence-corrected chi connectivity index (χ2v) is 9.75. The lowest BCUT2D eigenvalue weighted by atomic mass is 10.1. The van der Waals surface area contributed by atoms with E-state index in [2.05, 4.69) is 5.32 Å². The summed E-state index contributed by atoms with van der Waals surface area (Å²) in [5, 5.41) is 2.68. The van der Waals surface area contributed by atoms with Gasteiger partial charge in [-0.15, -0.1) is 0 Å². The van der Waals surface area contributed by atoms with Gasteiger partial charge in [0.2, 0.25) is 11.8 Å². The Kier molecular flexibility index (Phi) is 7.08. The minimum Gasteiger partial charge on any atom is -0.497 e.